The second-order valence-electron chi connectivity index (χ2n) is 4.78. The molecule has 2 N–H and O–H groups in total. The van der Waals surface area contributed by atoms with Crippen molar-refractivity contribution in [3.63, 3.8) is 0 Å². The Morgan fingerprint density at radius 1 is 1.14 bits per heavy atom. The molecule has 4 nitrogen and oxygen atoms in total. The molecular formula is C17H12N2O2. The fourth-order valence-electron chi connectivity index (χ4n) is 2.27. The van der Waals surface area contributed by atoms with Crippen molar-refractivity contribution in [2.24, 2.45) is 4.99 Å². The first-order valence-corrected chi connectivity index (χ1v) is 6.47. The van der Waals surface area contributed by atoms with Crippen LogP contribution in [0.2, 0.25) is 0 Å². The Kier molecular flexibility index (Phi) is 3.17. The number of hydrogen-bond acceptors (Lipinski definition) is 4. The molecule has 2 aromatic rings. The first-order chi connectivity index (χ1) is 10.2. The number of nitriles is 1. The molecule has 0 aliphatic carbocycles. The summed E-state index contributed by atoms with van der Waals surface area (Å²) in [5.41, 5.74) is 3.80. The number of aliphatic imine (C=N–C) groups is 1. The lowest BCUT2D eigenvalue weighted by Gasteiger charge is -2.01. The van der Waals surface area contributed by atoms with E-state index in [9.17, 15) is 15.5 Å². The zero-order valence-electron chi connectivity index (χ0n) is 11.1. The number of benzene rings is 2. The zero-order chi connectivity index (χ0) is 14.8. The van der Waals surface area contributed by atoms with E-state index < -0.39 is 0 Å². The second kappa shape index (κ2) is 5.14. The van der Waals surface area contributed by atoms with Gasteiger partial charge < -0.3 is 10.2 Å². The van der Waals surface area contributed by atoms with Crippen molar-refractivity contribution in [2.75, 3.05) is 0 Å². The third-order valence-corrected chi connectivity index (χ3v) is 3.35. The Morgan fingerprint density at radius 3 is 2.67 bits per heavy atom. The lowest BCUT2D eigenvalue weighted by Crippen LogP contribution is -2.00. The summed E-state index contributed by atoms with van der Waals surface area (Å²) >= 11 is 0. The Hall–Kier alpha value is -3.06. The Morgan fingerprint density at radius 2 is 1.95 bits per heavy atom. The van der Waals surface area contributed by atoms with E-state index in [1.165, 1.54) is 12.1 Å². The molecule has 21 heavy (non-hydrogen) atoms. The van der Waals surface area contributed by atoms with Gasteiger partial charge in [0.25, 0.3) is 0 Å². The van der Waals surface area contributed by atoms with Gasteiger partial charge in [-0.05, 0) is 35.4 Å². The van der Waals surface area contributed by atoms with Gasteiger partial charge in [-0.3, -0.25) is 4.99 Å². The highest BCUT2D eigenvalue weighted by Crippen LogP contribution is 2.30. The van der Waals surface area contributed by atoms with Crippen molar-refractivity contribution in [3.8, 4) is 17.6 Å². The van der Waals surface area contributed by atoms with Crippen LogP contribution in [-0.2, 0) is 6.42 Å². The molecule has 1 aliphatic heterocycles. The molecule has 0 atom stereocenters. The number of hydrogen-bond donors (Lipinski definition) is 2. The van der Waals surface area contributed by atoms with Crippen molar-refractivity contribution in [1.82, 2.24) is 0 Å². The number of para-hydroxylation sites is 1. The Bertz CT molecular complexity index is 814. The van der Waals surface area contributed by atoms with Gasteiger partial charge in [-0.1, -0.05) is 24.3 Å². The van der Waals surface area contributed by atoms with Gasteiger partial charge in [0.15, 0.2) is 11.5 Å². The van der Waals surface area contributed by atoms with E-state index in [1.807, 2.05) is 24.3 Å². The third kappa shape index (κ3) is 2.49. The highest BCUT2D eigenvalue weighted by atomic mass is 16.3. The highest BCUT2D eigenvalue weighted by Gasteiger charge is 2.17. The average Bonchev–Trinajstić information content (AvgIpc) is 2.92. The normalized spacial score (nSPS) is 13.5. The van der Waals surface area contributed by atoms with Crippen LogP contribution >= 0.6 is 0 Å². The number of rotatable bonds is 2. The highest BCUT2D eigenvalue weighted by molar-refractivity contribution is 6.11. The zero-order valence-corrected chi connectivity index (χ0v) is 11.1. The Balaban J connectivity index is 1.95. The number of allylic oxidation sites excluding steroid dienone is 1. The summed E-state index contributed by atoms with van der Waals surface area (Å²) in [5, 5.41) is 28.1. The van der Waals surface area contributed by atoms with Gasteiger partial charge in [-0.15, -0.1) is 0 Å². The van der Waals surface area contributed by atoms with Gasteiger partial charge >= 0.3 is 0 Å². The van der Waals surface area contributed by atoms with E-state index in [1.54, 1.807) is 12.1 Å². The largest absolute Gasteiger partial charge is 0.504 e. The van der Waals surface area contributed by atoms with Crippen LogP contribution in [0.25, 0.3) is 6.08 Å². The quantitative estimate of drug-likeness (QED) is 0.652. The SMILES string of the molecule is N#C/C(=C\c1ccc(O)c(O)c1)C1=Nc2ccccc2C1. The van der Waals surface area contributed by atoms with Crippen LogP contribution in [-0.4, -0.2) is 15.9 Å². The minimum absolute atomic E-state index is 0.184. The maximum atomic E-state index is 9.50. The fraction of sp³-hybridized carbons (Fsp3) is 0.0588. The first-order valence-electron chi connectivity index (χ1n) is 6.47. The number of fused-ring (bicyclic) bond motifs is 1. The van der Waals surface area contributed by atoms with Crippen LogP contribution in [0.5, 0.6) is 11.5 Å². The molecule has 0 saturated heterocycles. The molecule has 1 heterocycles. The molecule has 0 fully saturated rings. The van der Waals surface area contributed by atoms with E-state index in [2.05, 4.69) is 11.1 Å². The molecule has 102 valence electrons. The first kappa shape index (κ1) is 12.9. The third-order valence-electron chi connectivity index (χ3n) is 3.35. The molecule has 4 heteroatoms. The molecule has 2 aromatic carbocycles. The maximum Gasteiger partial charge on any atom is 0.157 e. The van der Waals surface area contributed by atoms with E-state index in [0.29, 0.717) is 23.3 Å². The van der Waals surface area contributed by atoms with Crippen LogP contribution in [0.1, 0.15) is 11.1 Å². The van der Waals surface area contributed by atoms with Gasteiger partial charge in [-0.25, -0.2) is 0 Å². The summed E-state index contributed by atoms with van der Waals surface area (Å²) in [6.45, 7) is 0. The average molecular weight is 276 g/mol. The predicted octanol–water partition coefficient (Wildman–Crippen LogP) is 3.33. The molecule has 0 bridgehead atoms. The molecule has 3 rings (SSSR count). The number of phenolic OH excluding ortho intramolecular Hbond substituents is 2. The maximum absolute atomic E-state index is 9.50. The van der Waals surface area contributed by atoms with E-state index in [-0.39, 0.29) is 11.5 Å². The van der Waals surface area contributed by atoms with Gasteiger partial charge in [0.1, 0.15) is 6.07 Å². The molecule has 0 radical (unpaired) electrons. The molecule has 0 aromatic heterocycles. The van der Waals surface area contributed by atoms with Crippen molar-refractivity contribution in [3.05, 3.63) is 59.2 Å². The van der Waals surface area contributed by atoms with Crippen LogP contribution in [0, 0.1) is 11.3 Å². The van der Waals surface area contributed by atoms with Crippen LogP contribution in [0.15, 0.2) is 53.0 Å². The molecule has 0 unspecified atom stereocenters. The Labute approximate surface area is 121 Å². The summed E-state index contributed by atoms with van der Waals surface area (Å²) < 4.78 is 0. The molecule has 0 spiro atoms. The second-order valence-corrected chi connectivity index (χ2v) is 4.78. The lowest BCUT2D eigenvalue weighted by molar-refractivity contribution is 0.403. The summed E-state index contributed by atoms with van der Waals surface area (Å²) in [4.78, 5) is 4.47. The number of aromatic hydroxyl groups is 2. The number of phenols is 2. The van der Waals surface area contributed by atoms with Gasteiger partial charge in [0, 0.05) is 6.42 Å². The molecule has 1 aliphatic rings. The van der Waals surface area contributed by atoms with Crippen LogP contribution < -0.4 is 0 Å². The van der Waals surface area contributed by atoms with Crippen molar-refractivity contribution >= 4 is 17.5 Å². The van der Waals surface area contributed by atoms with Crippen LogP contribution in [0.4, 0.5) is 5.69 Å². The standard InChI is InChI=1S/C17H12N2O2/c18-10-13(7-11-5-6-16(20)17(21)8-11)15-9-12-3-1-2-4-14(12)19-15/h1-8,20-21H,9H2/b13-7+. The molecule has 0 saturated carbocycles. The fourth-order valence-corrected chi connectivity index (χ4v) is 2.27. The minimum atomic E-state index is -0.210. The minimum Gasteiger partial charge on any atom is -0.504 e. The monoisotopic (exact) mass is 276 g/mol. The van der Waals surface area contributed by atoms with Crippen molar-refractivity contribution < 1.29 is 10.2 Å². The summed E-state index contributed by atoms with van der Waals surface area (Å²) in [6, 6.07) is 14.4. The predicted molar refractivity (Wildman–Crippen MR) is 80.6 cm³/mol. The van der Waals surface area contributed by atoms with Crippen molar-refractivity contribution in [2.45, 2.75) is 6.42 Å². The van der Waals surface area contributed by atoms with E-state index in [4.69, 9.17) is 0 Å². The van der Waals surface area contributed by atoms with Crippen molar-refractivity contribution in [1.29, 1.82) is 5.26 Å². The van der Waals surface area contributed by atoms with Crippen LogP contribution in [0.3, 0.4) is 0 Å². The topological polar surface area (TPSA) is 76.6 Å². The van der Waals surface area contributed by atoms with Gasteiger partial charge in [0.05, 0.1) is 17.0 Å². The van der Waals surface area contributed by atoms with Gasteiger partial charge in [-0.2, -0.15) is 5.26 Å². The summed E-state index contributed by atoms with van der Waals surface area (Å²) in [5.74, 6) is -0.394. The van der Waals surface area contributed by atoms with Gasteiger partial charge in [0.2, 0.25) is 0 Å². The van der Waals surface area contributed by atoms with E-state index >= 15 is 0 Å². The number of nitrogens with zero attached hydrogens (tertiary/aromatic N) is 2. The van der Waals surface area contributed by atoms with E-state index in [0.717, 1.165) is 11.3 Å². The lowest BCUT2D eigenvalue weighted by atomic mass is 10.0. The summed E-state index contributed by atoms with van der Waals surface area (Å²) in [7, 11) is 0. The molecule has 0 amide bonds. The molecular weight excluding hydrogens is 264 g/mol. The smallest absolute Gasteiger partial charge is 0.157 e. The summed E-state index contributed by atoms with van der Waals surface area (Å²) in [6.07, 6.45) is 2.28.